The predicted molar refractivity (Wildman–Crippen MR) is 172 cm³/mol. The standard InChI is InChI=1S/C34H41N3O5S/c1-34(2)30-26-29(35(3)28-13-6-4-7-14-28)17-18-31(30)37(22-11-25-43(40,41)42)32(34)15-10-12-27-19-23-36(24-20-27)21-9-5-8-16-33(38)39/h4,6-7,10,12-15,17-20,23-24,26H,5,8-9,11,16,21-22,25H2,1-3H3,(H-,38,39,40,41,42)/p+1. The minimum atomic E-state index is -4.05. The molecule has 3 aromatic rings. The first-order valence-corrected chi connectivity index (χ1v) is 16.3. The number of carboxylic acids is 1. The Kier molecular flexibility index (Phi) is 10.4. The number of rotatable bonds is 14. The number of pyridine rings is 1. The first kappa shape index (κ1) is 32.0. The van der Waals surface area contributed by atoms with Crippen molar-refractivity contribution in [3.63, 3.8) is 0 Å². The molecule has 0 bridgehead atoms. The first-order chi connectivity index (χ1) is 20.5. The van der Waals surface area contributed by atoms with Crippen molar-refractivity contribution in [3.05, 3.63) is 102 Å². The molecule has 2 heterocycles. The molecule has 0 amide bonds. The number of carboxylic acid groups (broad SMARTS) is 1. The molecule has 2 N–H and O–H groups in total. The average molecular weight is 605 g/mol. The summed E-state index contributed by atoms with van der Waals surface area (Å²) < 4.78 is 34.4. The van der Waals surface area contributed by atoms with E-state index < -0.39 is 16.1 Å². The maximum atomic E-state index is 11.5. The lowest BCUT2D eigenvalue weighted by atomic mass is 9.83. The Labute approximate surface area is 255 Å². The Bertz CT molecular complexity index is 1570. The van der Waals surface area contributed by atoms with Crippen molar-refractivity contribution in [2.24, 2.45) is 0 Å². The van der Waals surface area contributed by atoms with Crippen molar-refractivity contribution in [3.8, 4) is 0 Å². The lowest BCUT2D eigenvalue weighted by Gasteiger charge is -2.27. The molecule has 1 aromatic heterocycles. The number of aryl methyl sites for hydroxylation is 1. The molecule has 0 atom stereocenters. The van der Waals surface area contributed by atoms with Crippen molar-refractivity contribution in [2.45, 2.75) is 57.9 Å². The van der Waals surface area contributed by atoms with E-state index in [1.165, 1.54) is 0 Å². The van der Waals surface area contributed by atoms with Crippen LogP contribution in [0.5, 0.6) is 0 Å². The normalized spacial score (nSPS) is 15.3. The highest BCUT2D eigenvalue weighted by atomic mass is 32.2. The van der Waals surface area contributed by atoms with Gasteiger partial charge in [0.1, 0.15) is 6.54 Å². The molecule has 2 aromatic carbocycles. The highest BCUT2D eigenvalue weighted by Gasteiger charge is 2.40. The molecule has 1 aliphatic heterocycles. The predicted octanol–water partition coefficient (Wildman–Crippen LogP) is 6.36. The summed E-state index contributed by atoms with van der Waals surface area (Å²) in [6, 6.07) is 20.7. The van der Waals surface area contributed by atoms with Gasteiger partial charge in [-0.25, -0.2) is 4.57 Å². The van der Waals surface area contributed by atoms with Crippen LogP contribution in [0.4, 0.5) is 17.1 Å². The number of allylic oxidation sites excluding steroid dienone is 3. The minimum absolute atomic E-state index is 0.218. The second-order valence-corrected chi connectivity index (χ2v) is 13.1. The van der Waals surface area contributed by atoms with Gasteiger partial charge in [0.25, 0.3) is 10.1 Å². The number of nitrogens with zero attached hydrogens (tertiary/aromatic N) is 3. The van der Waals surface area contributed by atoms with Crippen molar-refractivity contribution < 1.29 is 27.4 Å². The van der Waals surface area contributed by atoms with Crippen LogP contribution < -0.4 is 14.4 Å². The van der Waals surface area contributed by atoms with Crippen LogP contribution in [0.25, 0.3) is 6.08 Å². The summed E-state index contributed by atoms with van der Waals surface area (Å²) in [6.07, 6.45) is 13.3. The molecule has 0 spiro atoms. The number of para-hydroxylation sites is 1. The first-order valence-electron chi connectivity index (χ1n) is 14.7. The minimum Gasteiger partial charge on any atom is -0.481 e. The summed E-state index contributed by atoms with van der Waals surface area (Å²) >= 11 is 0. The van der Waals surface area contributed by atoms with Crippen molar-refractivity contribution in [2.75, 3.05) is 29.1 Å². The zero-order valence-corrected chi connectivity index (χ0v) is 26.0. The van der Waals surface area contributed by atoms with Crippen LogP contribution in [0.2, 0.25) is 0 Å². The smallest absolute Gasteiger partial charge is 0.303 e. The van der Waals surface area contributed by atoms with E-state index in [0.717, 1.165) is 53.3 Å². The summed E-state index contributed by atoms with van der Waals surface area (Å²) in [5, 5.41) is 8.78. The average Bonchev–Trinajstić information content (AvgIpc) is 3.18. The number of hydrogen-bond acceptors (Lipinski definition) is 5. The topological polar surface area (TPSA) is 102 Å². The Morgan fingerprint density at radius 3 is 2.37 bits per heavy atom. The number of unbranched alkanes of at least 4 members (excludes halogenated alkanes) is 2. The lowest BCUT2D eigenvalue weighted by molar-refractivity contribution is -0.697. The highest BCUT2D eigenvalue weighted by Crippen LogP contribution is 2.49. The molecule has 0 saturated carbocycles. The van der Waals surface area contributed by atoms with Gasteiger partial charge in [-0.15, -0.1) is 0 Å². The SMILES string of the molecule is CN(c1ccccc1)c1ccc2c(c1)C(C)(C)/C(=C\C=C\c1cc[n+](CCCCCC(=O)O)cc1)N2CCCS(=O)(=O)O. The highest BCUT2D eigenvalue weighted by molar-refractivity contribution is 7.85. The van der Waals surface area contributed by atoms with Gasteiger partial charge in [-0.05, 0) is 66.8 Å². The van der Waals surface area contributed by atoms with Crippen LogP contribution in [-0.2, 0) is 26.9 Å². The summed E-state index contributed by atoms with van der Waals surface area (Å²) in [5.74, 6) is -1.04. The number of carbonyl (C=O) groups is 1. The molecular formula is C34H42N3O5S+. The number of benzene rings is 2. The van der Waals surface area contributed by atoms with Crippen molar-refractivity contribution in [1.29, 1.82) is 0 Å². The van der Waals surface area contributed by atoms with Gasteiger partial charge in [-0.2, -0.15) is 8.42 Å². The van der Waals surface area contributed by atoms with E-state index in [2.05, 4.69) is 76.8 Å². The van der Waals surface area contributed by atoms with Crippen LogP contribution in [0.3, 0.4) is 0 Å². The summed E-state index contributed by atoms with van der Waals surface area (Å²) in [6.45, 7) is 5.67. The molecule has 4 rings (SSSR count). The van der Waals surface area contributed by atoms with E-state index >= 15 is 0 Å². The largest absolute Gasteiger partial charge is 0.481 e. The second kappa shape index (κ2) is 14.0. The number of hydrogen-bond donors (Lipinski definition) is 2. The number of aromatic nitrogens is 1. The van der Waals surface area contributed by atoms with Crippen LogP contribution in [0, 0.1) is 0 Å². The molecule has 0 fully saturated rings. The Balaban J connectivity index is 1.54. The number of aliphatic carboxylic acids is 1. The zero-order valence-electron chi connectivity index (χ0n) is 25.2. The number of anilines is 3. The fraction of sp³-hybridized carbons (Fsp3) is 0.353. The van der Waals surface area contributed by atoms with Gasteiger partial charge >= 0.3 is 5.97 Å². The van der Waals surface area contributed by atoms with Gasteiger partial charge in [0.2, 0.25) is 0 Å². The van der Waals surface area contributed by atoms with Crippen molar-refractivity contribution >= 4 is 39.2 Å². The molecule has 0 radical (unpaired) electrons. The fourth-order valence-corrected chi connectivity index (χ4v) is 6.04. The Morgan fingerprint density at radius 2 is 1.70 bits per heavy atom. The Morgan fingerprint density at radius 1 is 0.977 bits per heavy atom. The van der Waals surface area contributed by atoms with E-state index in [1.54, 1.807) is 0 Å². The van der Waals surface area contributed by atoms with Crippen LogP contribution in [0.15, 0.2) is 90.9 Å². The van der Waals surface area contributed by atoms with Crippen LogP contribution >= 0.6 is 0 Å². The number of fused-ring (bicyclic) bond motifs is 1. The van der Waals surface area contributed by atoms with Gasteiger partial charge in [0, 0.05) is 66.7 Å². The van der Waals surface area contributed by atoms with Gasteiger partial charge in [0.15, 0.2) is 12.4 Å². The molecule has 228 valence electrons. The third-order valence-corrected chi connectivity index (χ3v) is 8.76. The third kappa shape index (κ3) is 8.55. The summed E-state index contributed by atoms with van der Waals surface area (Å²) in [5.41, 5.74) is 6.11. The van der Waals surface area contributed by atoms with Crippen LogP contribution in [0.1, 0.15) is 57.1 Å². The van der Waals surface area contributed by atoms with E-state index in [4.69, 9.17) is 5.11 Å². The molecule has 0 unspecified atom stereocenters. The monoisotopic (exact) mass is 604 g/mol. The molecule has 9 heteroatoms. The van der Waals surface area contributed by atoms with E-state index in [1.807, 2.05) is 49.8 Å². The van der Waals surface area contributed by atoms with Gasteiger partial charge in [0.05, 0.1) is 5.75 Å². The lowest BCUT2D eigenvalue weighted by Crippen LogP contribution is -2.32. The van der Waals surface area contributed by atoms with E-state index in [9.17, 15) is 17.8 Å². The maximum absolute atomic E-state index is 11.5. The Hall–Kier alpha value is -3.95. The van der Waals surface area contributed by atoms with Crippen LogP contribution in [-0.4, -0.2) is 43.4 Å². The van der Waals surface area contributed by atoms with Gasteiger partial charge in [-0.1, -0.05) is 44.2 Å². The van der Waals surface area contributed by atoms with E-state index in [0.29, 0.717) is 19.4 Å². The van der Waals surface area contributed by atoms with Crippen molar-refractivity contribution in [1.82, 2.24) is 0 Å². The maximum Gasteiger partial charge on any atom is 0.303 e. The molecule has 8 nitrogen and oxygen atoms in total. The quantitative estimate of drug-likeness (QED) is 0.125. The third-order valence-electron chi connectivity index (χ3n) is 7.96. The second-order valence-electron chi connectivity index (χ2n) is 11.5. The van der Waals surface area contributed by atoms with Gasteiger partial charge < -0.3 is 14.9 Å². The molecule has 0 saturated heterocycles. The summed E-state index contributed by atoms with van der Waals surface area (Å²) in [7, 11) is -2.00. The molecule has 43 heavy (non-hydrogen) atoms. The van der Waals surface area contributed by atoms with Gasteiger partial charge in [-0.3, -0.25) is 9.35 Å². The summed E-state index contributed by atoms with van der Waals surface area (Å²) in [4.78, 5) is 15.0. The molecule has 1 aliphatic rings. The molecular weight excluding hydrogens is 562 g/mol. The zero-order chi connectivity index (χ0) is 31.0. The fourth-order valence-electron chi connectivity index (χ4n) is 5.55. The molecule has 0 aliphatic carbocycles. The van der Waals surface area contributed by atoms with E-state index in [-0.39, 0.29) is 17.6 Å².